The predicted octanol–water partition coefficient (Wildman–Crippen LogP) is 2.90. The molecule has 0 spiro atoms. The molecule has 0 saturated carbocycles. The van der Waals surface area contributed by atoms with Gasteiger partial charge in [-0.05, 0) is 36.4 Å². The average molecular weight is 484 g/mol. The Balaban J connectivity index is 1.39. The van der Waals surface area contributed by atoms with Gasteiger partial charge in [0.15, 0.2) is 5.17 Å². The lowest BCUT2D eigenvalue weighted by molar-refractivity contribution is -0.384. The van der Waals surface area contributed by atoms with Crippen molar-refractivity contribution < 1.29 is 19.2 Å². The fraction of sp³-hybridized carbons (Fsp3) is 0.348. The third-order valence-corrected chi connectivity index (χ3v) is 7.09. The number of amides is 2. The van der Waals surface area contributed by atoms with Crippen LogP contribution in [0.1, 0.15) is 6.42 Å². The molecule has 1 atom stereocenters. The summed E-state index contributed by atoms with van der Waals surface area (Å²) in [6.07, 6.45) is 0.129. The SMILES string of the molecule is COc1ccc(N=C2S[C@@H](C(=O)N3CCN(c4ccc([N+](=O)[O-])cc4)CC3)CC(=O)N2C)cc1. The summed E-state index contributed by atoms with van der Waals surface area (Å²) in [5.41, 5.74) is 1.61. The number of hydrogen-bond acceptors (Lipinski definition) is 8. The van der Waals surface area contributed by atoms with Crippen molar-refractivity contribution in [1.29, 1.82) is 0 Å². The summed E-state index contributed by atoms with van der Waals surface area (Å²) >= 11 is 1.31. The van der Waals surface area contributed by atoms with Crippen molar-refractivity contribution in [1.82, 2.24) is 9.80 Å². The number of benzene rings is 2. The minimum Gasteiger partial charge on any atom is -0.497 e. The lowest BCUT2D eigenvalue weighted by Gasteiger charge is -2.38. The number of hydrogen-bond donors (Lipinski definition) is 0. The lowest BCUT2D eigenvalue weighted by atomic mass is 10.2. The van der Waals surface area contributed by atoms with E-state index < -0.39 is 10.2 Å². The van der Waals surface area contributed by atoms with Crippen molar-refractivity contribution in [3.63, 3.8) is 0 Å². The van der Waals surface area contributed by atoms with Crippen LogP contribution in [0.4, 0.5) is 17.1 Å². The third kappa shape index (κ3) is 5.14. The fourth-order valence-corrected chi connectivity index (χ4v) is 4.98. The van der Waals surface area contributed by atoms with Gasteiger partial charge in [-0.1, -0.05) is 11.8 Å². The molecule has 0 N–H and O–H groups in total. The molecule has 178 valence electrons. The van der Waals surface area contributed by atoms with Crippen LogP contribution in [0.15, 0.2) is 53.5 Å². The van der Waals surface area contributed by atoms with Gasteiger partial charge in [0.1, 0.15) is 11.0 Å². The van der Waals surface area contributed by atoms with Gasteiger partial charge in [-0.3, -0.25) is 24.6 Å². The molecular formula is C23H25N5O5S. The van der Waals surface area contributed by atoms with E-state index in [4.69, 9.17) is 4.74 Å². The third-order valence-electron chi connectivity index (χ3n) is 5.86. The molecule has 0 aromatic heterocycles. The largest absolute Gasteiger partial charge is 0.497 e. The van der Waals surface area contributed by atoms with E-state index in [0.717, 1.165) is 5.69 Å². The van der Waals surface area contributed by atoms with Gasteiger partial charge in [0.05, 0.1) is 17.7 Å². The first kappa shape index (κ1) is 23.6. The number of aliphatic imine (C=N–C) groups is 1. The maximum absolute atomic E-state index is 13.2. The number of piperazine rings is 1. The Kier molecular flexibility index (Phi) is 7.01. The van der Waals surface area contributed by atoms with E-state index in [9.17, 15) is 19.7 Å². The Morgan fingerprint density at radius 1 is 1.09 bits per heavy atom. The molecule has 2 amide bonds. The van der Waals surface area contributed by atoms with E-state index in [1.807, 2.05) is 0 Å². The summed E-state index contributed by atoms with van der Waals surface area (Å²) in [7, 11) is 3.26. The molecule has 34 heavy (non-hydrogen) atoms. The van der Waals surface area contributed by atoms with Crippen LogP contribution in [0.5, 0.6) is 5.75 Å². The van der Waals surface area contributed by atoms with Crippen molar-refractivity contribution in [2.45, 2.75) is 11.7 Å². The van der Waals surface area contributed by atoms with Gasteiger partial charge in [0, 0.05) is 57.5 Å². The van der Waals surface area contributed by atoms with Gasteiger partial charge in [-0.15, -0.1) is 0 Å². The highest BCUT2D eigenvalue weighted by Gasteiger charge is 2.37. The number of carbonyl (C=O) groups is 2. The highest BCUT2D eigenvalue weighted by atomic mass is 32.2. The van der Waals surface area contributed by atoms with Crippen LogP contribution in [-0.4, -0.2) is 77.3 Å². The second-order valence-corrected chi connectivity index (χ2v) is 9.11. The van der Waals surface area contributed by atoms with E-state index in [2.05, 4.69) is 9.89 Å². The number of amidine groups is 1. The number of non-ortho nitro benzene ring substituents is 1. The van der Waals surface area contributed by atoms with Gasteiger partial charge in [0.2, 0.25) is 11.8 Å². The van der Waals surface area contributed by atoms with Crippen molar-refractivity contribution in [2.75, 3.05) is 45.2 Å². The quantitative estimate of drug-likeness (QED) is 0.475. The fourth-order valence-electron chi connectivity index (χ4n) is 3.83. The number of nitro benzene ring substituents is 1. The maximum atomic E-state index is 13.2. The van der Waals surface area contributed by atoms with Crippen molar-refractivity contribution in [3.8, 4) is 5.75 Å². The summed E-state index contributed by atoms with van der Waals surface area (Å²) in [6, 6.07) is 13.6. The lowest BCUT2D eigenvalue weighted by Crippen LogP contribution is -2.53. The highest BCUT2D eigenvalue weighted by Crippen LogP contribution is 2.30. The number of carbonyl (C=O) groups excluding carboxylic acids is 2. The normalized spacial score (nSPS) is 19.9. The Hall–Kier alpha value is -3.60. The average Bonchev–Trinajstić information content (AvgIpc) is 2.87. The Morgan fingerprint density at radius 2 is 1.74 bits per heavy atom. The Bertz CT molecular complexity index is 1100. The molecule has 10 nitrogen and oxygen atoms in total. The van der Waals surface area contributed by atoms with Crippen LogP contribution in [0.2, 0.25) is 0 Å². The van der Waals surface area contributed by atoms with Crippen LogP contribution in [0.3, 0.4) is 0 Å². The molecule has 2 aliphatic rings. The summed E-state index contributed by atoms with van der Waals surface area (Å²) in [6.45, 7) is 2.26. The van der Waals surface area contributed by atoms with Crippen LogP contribution in [0, 0.1) is 10.1 Å². The second kappa shape index (κ2) is 10.1. The van der Waals surface area contributed by atoms with Crippen molar-refractivity contribution in [3.05, 3.63) is 58.6 Å². The summed E-state index contributed by atoms with van der Waals surface area (Å²) in [5.74, 6) is 0.497. The second-order valence-electron chi connectivity index (χ2n) is 7.94. The van der Waals surface area contributed by atoms with Crippen LogP contribution < -0.4 is 9.64 Å². The van der Waals surface area contributed by atoms with Crippen LogP contribution in [0.25, 0.3) is 0 Å². The molecule has 0 unspecified atom stereocenters. The standard InChI is InChI=1S/C23H25N5O5S/c1-25-21(29)15-20(34-23(25)24-16-3-9-19(33-2)10-4-16)22(30)27-13-11-26(12-14-27)17-5-7-18(8-6-17)28(31)32/h3-10,20H,11-15H2,1-2H3/t20-/m1/s1. The number of methoxy groups -OCH3 is 1. The number of rotatable bonds is 5. The molecule has 11 heteroatoms. The minimum absolute atomic E-state index is 0.0497. The topological polar surface area (TPSA) is 109 Å². The molecule has 2 aromatic rings. The van der Waals surface area contributed by atoms with Gasteiger partial charge < -0.3 is 14.5 Å². The van der Waals surface area contributed by atoms with Crippen LogP contribution >= 0.6 is 11.8 Å². The summed E-state index contributed by atoms with van der Waals surface area (Å²) in [5, 5.41) is 10.8. The number of thioether (sulfide) groups is 1. The first-order valence-electron chi connectivity index (χ1n) is 10.8. The van der Waals surface area contributed by atoms with E-state index >= 15 is 0 Å². The molecular weight excluding hydrogens is 458 g/mol. The van der Waals surface area contributed by atoms with E-state index in [1.165, 1.54) is 28.8 Å². The van der Waals surface area contributed by atoms with Gasteiger partial charge in [0.25, 0.3) is 5.69 Å². The van der Waals surface area contributed by atoms with Crippen molar-refractivity contribution in [2.24, 2.45) is 4.99 Å². The number of nitrogens with zero attached hydrogens (tertiary/aromatic N) is 5. The number of ether oxygens (including phenoxy) is 1. The van der Waals surface area contributed by atoms with E-state index in [0.29, 0.717) is 42.8 Å². The van der Waals surface area contributed by atoms with Gasteiger partial charge in [-0.2, -0.15) is 0 Å². The van der Waals surface area contributed by atoms with E-state index in [1.54, 1.807) is 55.5 Å². The first-order valence-corrected chi connectivity index (χ1v) is 11.7. The zero-order chi connectivity index (χ0) is 24.2. The molecule has 2 saturated heterocycles. The maximum Gasteiger partial charge on any atom is 0.269 e. The molecule has 2 fully saturated rings. The van der Waals surface area contributed by atoms with Gasteiger partial charge >= 0.3 is 0 Å². The molecule has 0 bridgehead atoms. The zero-order valence-corrected chi connectivity index (χ0v) is 19.7. The Labute approximate surface area is 201 Å². The highest BCUT2D eigenvalue weighted by molar-refractivity contribution is 8.15. The Morgan fingerprint density at radius 3 is 2.32 bits per heavy atom. The molecule has 2 heterocycles. The van der Waals surface area contributed by atoms with E-state index in [-0.39, 0.29) is 23.9 Å². The first-order chi connectivity index (χ1) is 16.4. The van der Waals surface area contributed by atoms with Crippen LogP contribution in [-0.2, 0) is 9.59 Å². The summed E-state index contributed by atoms with van der Waals surface area (Å²) < 4.78 is 5.16. The smallest absolute Gasteiger partial charge is 0.269 e. The number of anilines is 1. The molecule has 0 aliphatic carbocycles. The molecule has 0 radical (unpaired) electrons. The van der Waals surface area contributed by atoms with Gasteiger partial charge in [-0.25, -0.2) is 4.99 Å². The summed E-state index contributed by atoms with van der Waals surface area (Å²) in [4.78, 5) is 46.2. The monoisotopic (exact) mass is 483 g/mol. The predicted molar refractivity (Wildman–Crippen MR) is 131 cm³/mol. The number of nitro groups is 1. The molecule has 2 aromatic carbocycles. The molecule has 2 aliphatic heterocycles. The minimum atomic E-state index is -0.522. The zero-order valence-electron chi connectivity index (χ0n) is 18.9. The molecule has 4 rings (SSSR count). The van der Waals surface area contributed by atoms with Crippen molar-refractivity contribution >= 4 is 45.8 Å².